The summed E-state index contributed by atoms with van der Waals surface area (Å²) in [5.74, 6) is -0.831. The van der Waals surface area contributed by atoms with Crippen molar-refractivity contribution in [1.82, 2.24) is 0 Å². The number of ether oxygens (including phenoxy) is 2. The number of hydrogen-bond acceptors (Lipinski definition) is 4. The lowest BCUT2D eigenvalue weighted by molar-refractivity contribution is -0.146. The van der Waals surface area contributed by atoms with Gasteiger partial charge >= 0.3 is 11.9 Å². The van der Waals surface area contributed by atoms with Crippen molar-refractivity contribution in [3.63, 3.8) is 0 Å². The Bertz CT molecular complexity index is 517. The van der Waals surface area contributed by atoms with Crippen molar-refractivity contribution in [3.05, 3.63) is 34.1 Å². The first-order valence-electron chi connectivity index (χ1n) is 7.13. The molecule has 122 valence electrons. The highest BCUT2D eigenvalue weighted by Gasteiger charge is 2.09. The van der Waals surface area contributed by atoms with Gasteiger partial charge in [0.15, 0.2) is 0 Å². The molecular weight excluding hydrogens is 355 g/mol. The minimum absolute atomic E-state index is 0.00499. The summed E-state index contributed by atoms with van der Waals surface area (Å²) in [6.45, 7) is 4.29. The van der Waals surface area contributed by atoms with Crippen LogP contribution >= 0.6 is 15.9 Å². The summed E-state index contributed by atoms with van der Waals surface area (Å²) in [5, 5.41) is 0. The summed E-state index contributed by atoms with van der Waals surface area (Å²) in [4.78, 5) is 22.9. The van der Waals surface area contributed by atoms with Crippen LogP contribution in [0, 0.1) is 11.7 Å². The number of benzene rings is 1. The predicted octanol–water partition coefficient (Wildman–Crippen LogP) is 4.00. The van der Waals surface area contributed by atoms with Crippen LogP contribution in [-0.2, 0) is 25.7 Å². The van der Waals surface area contributed by atoms with Crippen LogP contribution in [0.5, 0.6) is 0 Å². The first-order valence-corrected chi connectivity index (χ1v) is 7.93. The van der Waals surface area contributed by atoms with Crippen molar-refractivity contribution >= 4 is 27.9 Å². The monoisotopic (exact) mass is 374 g/mol. The molecule has 0 N–H and O–H groups in total. The van der Waals surface area contributed by atoms with E-state index in [9.17, 15) is 14.0 Å². The molecule has 0 atom stereocenters. The fourth-order valence-electron chi connectivity index (χ4n) is 1.59. The molecule has 0 spiro atoms. The Labute approximate surface area is 138 Å². The van der Waals surface area contributed by atoms with Gasteiger partial charge in [0, 0.05) is 22.9 Å². The third kappa shape index (κ3) is 7.54. The average molecular weight is 375 g/mol. The molecule has 1 aromatic rings. The van der Waals surface area contributed by atoms with E-state index in [1.54, 1.807) is 6.07 Å². The van der Waals surface area contributed by atoms with Crippen molar-refractivity contribution in [1.29, 1.82) is 0 Å². The number of rotatable bonds is 8. The Kier molecular flexibility index (Phi) is 8.09. The number of carbonyl (C=O) groups excluding carboxylic acids is 2. The maximum absolute atomic E-state index is 13.1. The van der Waals surface area contributed by atoms with Crippen LogP contribution in [0.3, 0.4) is 0 Å². The van der Waals surface area contributed by atoms with Crippen LogP contribution < -0.4 is 0 Å². The van der Waals surface area contributed by atoms with Gasteiger partial charge in [-0.3, -0.25) is 9.59 Å². The van der Waals surface area contributed by atoms with Gasteiger partial charge in [0.05, 0.1) is 6.61 Å². The maximum atomic E-state index is 13.1. The largest absolute Gasteiger partial charge is 0.465 e. The van der Waals surface area contributed by atoms with Crippen molar-refractivity contribution < 1.29 is 23.5 Å². The molecule has 22 heavy (non-hydrogen) atoms. The molecule has 0 fully saturated rings. The lowest BCUT2D eigenvalue weighted by atomic mass is 10.2. The van der Waals surface area contributed by atoms with Crippen molar-refractivity contribution in [2.24, 2.45) is 5.92 Å². The highest BCUT2D eigenvalue weighted by molar-refractivity contribution is 9.10. The van der Waals surface area contributed by atoms with Gasteiger partial charge in [-0.25, -0.2) is 4.39 Å². The number of hydrogen-bond donors (Lipinski definition) is 0. The van der Waals surface area contributed by atoms with Crippen molar-refractivity contribution in [2.75, 3.05) is 6.61 Å². The summed E-state index contributed by atoms with van der Waals surface area (Å²) in [5.41, 5.74) is 0.560. The second kappa shape index (κ2) is 9.56. The van der Waals surface area contributed by atoms with Gasteiger partial charge in [0.2, 0.25) is 0 Å². The Hall–Kier alpha value is -1.43. The summed E-state index contributed by atoms with van der Waals surface area (Å²) in [6.07, 6.45) is 0.690. The van der Waals surface area contributed by atoms with Crippen LogP contribution in [0.25, 0.3) is 0 Å². The molecule has 0 bridgehead atoms. The van der Waals surface area contributed by atoms with Crippen LogP contribution in [0.2, 0.25) is 0 Å². The molecule has 0 amide bonds. The van der Waals surface area contributed by atoms with Gasteiger partial charge < -0.3 is 9.47 Å². The Morgan fingerprint density at radius 2 is 1.82 bits per heavy atom. The Morgan fingerprint density at radius 1 is 1.18 bits per heavy atom. The molecule has 0 radical (unpaired) electrons. The van der Waals surface area contributed by atoms with Gasteiger partial charge in [0.25, 0.3) is 0 Å². The predicted molar refractivity (Wildman–Crippen MR) is 83.5 cm³/mol. The standard InChI is InChI=1S/C16H20BrFO4/c1-11(2)9-21-15(19)4-3-5-16(20)22-10-12-8-13(18)6-7-14(12)17/h6-8,11H,3-5,9-10H2,1-2H3. The summed E-state index contributed by atoms with van der Waals surface area (Å²) >= 11 is 3.26. The third-order valence-electron chi connectivity index (χ3n) is 2.74. The first kappa shape index (κ1) is 18.6. The molecule has 1 rings (SSSR count). The van der Waals surface area contributed by atoms with Crippen LogP contribution in [0.15, 0.2) is 22.7 Å². The molecule has 0 saturated carbocycles. The van der Waals surface area contributed by atoms with E-state index < -0.39 is 5.97 Å². The normalized spacial score (nSPS) is 10.6. The number of esters is 2. The minimum atomic E-state index is -0.423. The quantitative estimate of drug-likeness (QED) is 0.645. The highest BCUT2D eigenvalue weighted by atomic mass is 79.9. The molecule has 1 aromatic carbocycles. The third-order valence-corrected chi connectivity index (χ3v) is 3.51. The topological polar surface area (TPSA) is 52.6 Å². The molecule has 0 heterocycles. The minimum Gasteiger partial charge on any atom is -0.465 e. The second-order valence-corrected chi connectivity index (χ2v) is 6.18. The molecule has 0 aliphatic carbocycles. The van der Waals surface area contributed by atoms with E-state index in [2.05, 4.69) is 15.9 Å². The van der Waals surface area contributed by atoms with E-state index in [-0.39, 0.29) is 31.2 Å². The summed E-state index contributed by atoms with van der Waals surface area (Å²) < 4.78 is 23.8. The molecule has 0 saturated heterocycles. The second-order valence-electron chi connectivity index (χ2n) is 5.33. The van der Waals surface area contributed by atoms with Crippen molar-refractivity contribution in [3.8, 4) is 0 Å². The van der Waals surface area contributed by atoms with Gasteiger partial charge in [-0.2, -0.15) is 0 Å². The summed E-state index contributed by atoms with van der Waals surface area (Å²) in [6, 6.07) is 4.18. The zero-order chi connectivity index (χ0) is 16.5. The van der Waals surface area contributed by atoms with Gasteiger partial charge in [-0.15, -0.1) is 0 Å². The molecule has 0 aliphatic heterocycles. The molecule has 0 aromatic heterocycles. The fourth-order valence-corrected chi connectivity index (χ4v) is 1.95. The molecular formula is C16H20BrFO4. The highest BCUT2D eigenvalue weighted by Crippen LogP contribution is 2.19. The maximum Gasteiger partial charge on any atom is 0.306 e. The van der Waals surface area contributed by atoms with E-state index in [4.69, 9.17) is 9.47 Å². The Balaban J connectivity index is 2.24. The SMILES string of the molecule is CC(C)COC(=O)CCCC(=O)OCc1cc(F)ccc1Br. The van der Waals surface area contributed by atoms with E-state index in [1.165, 1.54) is 12.1 Å². The lowest BCUT2D eigenvalue weighted by Gasteiger charge is -2.08. The van der Waals surface area contributed by atoms with Gasteiger partial charge in [0.1, 0.15) is 12.4 Å². The smallest absolute Gasteiger partial charge is 0.306 e. The molecule has 0 aliphatic rings. The van der Waals surface area contributed by atoms with E-state index in [0.29, 0.717) is 29.0 Å². The molecule has 4 nitrogen and oxygen atoms in total. The number of carbonyl (C=O) groups is 2. The van der Waals surface area contributed by atoms with E-state index in [1.807, 2.05) is 13.8 Å². The summed E-state index contributed by atoms with van der Waals surface area (Å²) in [7, 11) is 0. The van der Waals surface area contributed by atoms with Gasteiger partial charge in [-0.05, 0) is 30.5 Å². The van der Waals surface area contributed by atoms with E-state index >= 15 is 0 Å². The van der Waals surface area contributed by atoms with Crippen LogP contribution in [0.4, 0.5) is 4.39 Å². The average Bonchev–Trinajstić information content (AvgIpc) is 2.46. The van der Waals surface area contributed by atoms with Crippen molar-refractivity contribution in [2.45, 2.75) is 39.7 Å². The fraction of sp³-hybridized carbons (Fsp3) is 0.500. The zero-order valence-corrected chi connectivity index (χ0v) is 14.3. The van der Waals surface area contributed by atoms with Crippen LogP contribution in [-0.4, -0.2) is 18.5 Å². The van der Waals surface area contributed by atoms with E-state index in [0.717, 1.165) is 0 Å². The Morgan fingerprint density at radius 3 is 2.45 bits per heavy atom. The molecule has 6 heteroatoms. The number of halogens is 2. The zero-order valence-electron chi connectivity index (χ0n) is 12.7. The lowest BCUT2D eigenvalue weighted by Crippen LogP contribution is -2.11. The van der Waals surface area contributed by atoms with Crippen LogP contribution in [0.1, 0.15) is 38.7 Å². The van der Waals surface area contributed by atoms with Gasteiger partial charge in [-0.1, -0.05) is 29.8 Å². The first-order chi connectivity index (χ1) is 10.4. The molecule has 0 unspecified atom stereocenters.